The Morgan fingerprint density at radius 1 is 1.34 bits per heavy atom. The Balaban J connectivity index is 1.52. The van der Waals surface area contributed by atoms with Gasteiger partial charge >= 0.3 is 0 Å². The van der Waals surface area contributed by atoms with Crippen LogP contribution in [0.5, 0.6) is 0 Å². The van der Waals surface area contributed by atoms with Crippen molar-refractivity contribution in [2.45, 2.75) is 25.8 Å². The Kier molecular flexibility index (Phi) is 5.96. The third-order valence-electron chi connectivity index (χ3n) is 4.98. The summed E-state index contributed by atoms with van der Waals surface area (Å²) in [6, 6.07) is 3.00. The van der Waals surface area contributed by atoms with Gasteiger partial charge in [0.2, 0.25) is 5.95 Å². The summed E-state index contributed by atoms with van der Waals surface area (Å²) in [5.41, 5.74) is 1.72. The highest BCUT2D eigenvalue weighted by Gasteiger charge is 2.20. The Morgan fingerprint density at radius 2 is 2.17 bits per heavy atom. The maximum atomic E-state index is 13.5. The fourth-order valence-electron chi connectivity index (χ4n) is 3.30. The molecule has 0 unspecified atom stereocenters. The lowest BCUT2D eigenvalue weighted by atomic mass is 10.0. The van der Waals surface area contributed by atoms with Crippen molar-refractivity contribution in [3.05, 3.63) is 47.0 Å². The van der Waals surface area contributed by atoms with Crippen LogP contribution in [0.4, 0.5) is 10.3 Å². The minimum atomic E-state index is -0.404. The first-order chi connectivity index (χ1) is 14.1. The lowest BCUT2D eigenvalue weighted by Crippen LogP contribution is -2.32. The molecule has 0 saturated carbocycles. The highest BCUT2D eigenvalue weighted by atomic mass is 32.1. The number of hydrogen-bond acceptors (Lipinski definition) is 7. The second-order valence-corrected chi connectivity index (χ2v) is 8.02. The van der Waals surface area contributed by atoms with Gasteiger partial charge in [-0.1, -0.05) is 0 Å². The van der Waals surface area contributed by atoms with Gasteiger partial charge in [0.05, 0.1) is 22.5 Å². The smallest absolute Gasteiger partial charge is 0.271 e. The van der Waals surface area contributed by atoms with Crippen molar-refractivity contribution in [2.24, 2.45) is 5.92 Å². The van der Waals surface area contributed by atoms with E-state index in [2.05, 4.69) is 25.6 Å². The molecule has 1 aliphatic heterocycles. The van der Waals surface area contributed by atoms with Gasteiger partial charge in [0, 0.05) is 26.0 Å². The van der Waals surface area contributed by atoms with Crippen LogP contribution in [0.25, 0.3) is 10.2 Å². The fraction of sp³-hybridized carbons (Fsp3) is 0.400. The van der Waals surface area contributed by atoms with E-state index >= 15 is 0 Å². The molecule has 2 N–H and O–H groups in total. The summed E-state index contributed by atoms with van der Waals surface area (Å²) in [4.78, 5) is 25.7. The molecule has 1 atom stereocenters. The molecule has 0 radical (unpaired) electrons. The molecule has 9 heteroatoms. The zero-order chi connectivity index (χ0) is 20.2. The van der Waals surface area contributed by atoms with Crippen LogP contribution in [-0.4, -0.2) is 40.6 Å². The molecule has 7 nitrogen and oxygen atoms in total. The second-order valence-electron chi connectivity index (χ2n) is 7.10. The molecule has 1 fully saturated rings. The monoisotopic (exact) mass is 415 g/mol. The number of hydrogen-bond donors (Lipinski definition) is 2. The summed E-state index contributed by atoms with van der Waals surface area (Å²) >= 11 is 1.44. The molecular formula is C20H22FN5O2S. The van der Waals surface area contributed by atoms with Gasteiger partial charge in [0.25, 0.3) is 5.91 Å². The SMILES string of the molecule is C[C@H](Nc1nc(C(=O)NCC2CCOCC2)c2sccc2n1)c1cncc(F)c1. The van der Waals surface area contributed by atoms with Crippen molar-refractivity contribution in [2.75, 3.05) is 25.1 Å². The molecular weight excluding hydrogens is 393 g/mol. The van der Waals surface area contributed by atoms with Crippen molar-refractivity contribution < 1.29 is 13.9 Å². The molecule has 152 valence electrons. The second kappa shape index (κ2) is 8.79. The van der Waals surface area contributed by atoms with Gasteiger partial charge in [-0.25, -0.2) is 14.4 Å². The zero-order valence-electron chi connectivity index (χ0n) is 16.0. The predicted octanol–water partition coefficient (Wildman–Crippen LogP) is 3.55. The first-order valence-electron chi connectivity index (χ1n) is 9.58. The van der Waals surface area contributed by atoms with Crippen molar-refractivity contribution in [1.82, 2.24) is 20.3 Å². The standard InChI is InChI=1S/C20H22FN5O2S/c1-12(14-8-15(21)11-22-10-14)24-20-25-16-4-7-29-18(16)17(26-20)19(27)23-9-13-2-5-28-6-3-13/h4,7-8,10-13H,2-3,5-6,9H2,1H3,(H,23,27)(H,24,25,26)/t12-/m0/s1. The van der Waals surface area contributed by atoms with Crippen LogP contribution in [0.3, 0.4) is 0 Å². The largest absolute Gasteiger partial charge is 0.381 e. The van der Waals surface area contributed by atoms with Gasteiger partial charge < -0.3 is 15.4 Å². The van der Waals surface area contributed by atoms with Gasteiger partial charge in [0.15, 0.2) is 5.69 Å². The number of ether oxygens (including phenoxy) is 1. The Labute approximate surface area is 171 Å². The number of carbonyl (C=O) groups excluding carboxylic acids is 1. The number of aromatic nitrogens is 3. The van der Waals surface area contributed by atoms with Gasteiger partial charge in [-0.05, 0) is 48.8 Å². The summed E-state index contributed by atoms with van der Waals surface area (Å²) in [5, 5.41) is 8.04. The molecule has 0 aliphatic carbocycles. The van der Waals surface area contributed by atoms with Gasteiger partial charge in [-0.15, -0.1) is 11.3 Å². The van der Waals surface area contributed by atoms with E-state index < -0.39 is 5.82 Å². The minimum absolute atomic E-state index is 0.213. The van der Waals surface area contributed by atoms with Crippen LogP contribution >= 0.6 is 11.3 Å². The van der Waals surface area contributed by atoms with E-state index in [-0.39, 0.29) is 11.9 Å². The Bertz CT molecular complexity index is 1010. The predicted molar refractivity (Wildman–Crippen MR) is 110 cm³/mol. The van der Waals surface area contributed by atoms with Gasteiger partial charge in [-0.2, -0.15) is 0 Å². The summed E-state index contributed by atoms with van der Waals surface area (Å²) in [5.74, 6) is 0.128. The van der Waals surface area contributed by atoms with E-state index in [0.29, 0.717) is 35.2 Å². The van der Waals surface area contributed by atoms with Crippen molar-refractivity contribution in [3.63, 3.8) is 0 Å². The number of nitrogens with one attached hydrogen (secondary N) is 2. The van der Waals surface area contributed by atoms with Crippen LogP contribution in [0.15, 0.2) is 29.9 Å². The maximum Gasteiger partial charge on any atom is 0.271 e. The molecule has 0 bridgehead atoms. The van der Waals surface area contributed by atoms with E-state index in [1.807, 2.05) is 18.4 Å². The Morgan fingerprint density at radius 3 is 2.97 bits per heavy atom. The van der Waals surface area contributed by atoms with Crippen molar-refractivity contribution >= 4 is 33.4 Å². The number of anilines is 1. The third-order valence-corrected chi connectivity index (χ3v) is 5.89. The Hall–Kier alpha value is -2.65. The van der Waals surface area contributed by atoms with Crippen LogP contribution in [0, 0.1) is 11.7 Å². The third kappa shape index (κ3) is 4.68. The first-order valence-corrected chi connectivity index (χ1v) is 10.5. The number of fused-ring (bicyclic) bond motifs is 1. The lowest BCUT2D eigenvalue weighted by Gasteiger charge is -2.22. The molecule has 1 aliphatic rings. The maximum absolute atomic E-state index is 13.5. The summed E-state index contributed by atoms with van der Waals surface area (Å²) in [7, 11) is 0. The number of halogens is 1. The molecule has 4 heterocycles. The average molecular weight is 415 g/mol. The summed E-state index contributed by atoms with van der Waals surface area (Å²) in [6.07, 6.45) is 4.64. The average Bonchev–Trinajstić information content (AvgIpc) is 3.21. The van der Waals surface area contributed by atoms with Gasteiger partial charge in [0.1, 0.15) is 5.82 Å². The number of carbonyl (C=O) groups is 1. The van der Waals surface area contributed by atoms with E-state index in [0.717, 1.165) is 37.0 Å². The number of rotatable bonds is 6. The topological polar surface area (TPSA) is 89.0 Å². The van der Waals surface area contributed by atoms with Crippen LogP contribution < -0.4 is 10.6 Å². The molecule has 0 aromatic carbocycles. The molecule has 1 amide bonds. The van der Waals surface area contributed by atoms with Crippen LogP contribution in [0.2, 0.25) is 0 Å². The normalized spacial score (nSPS) is 15.9. The fourth-order valence-corrected chi connectivity index (χ4v) is 4.11. The van der Waals surface area contributed by atoms with Crippen LogP contribution in [-0.2, 0) is 4.74 Å². The van der Waals surface area contributed by atoms with Crippen LogP contribution in [0.1, 0.15) is 41.9 Å². The summed E-state index contributed by atoms with van der Waals surface area (Å²) in [6.45, 7) is 3.95. The van der Waals surface area contributed by atoms with E-state index in [1.54, 1.807) is 6.20 Å². The number of amides is 1. The molecule has 4 rings (SSSR count). The highest BCUT2D eigenvalue weighted by molar-refractivity contribution is 7.17. The lowest BCUT2D eigenvalue weighted by molar-refractivity contribution is 0.0642. The van der Waals surface area contributed by atoms with Gasteiger partial charge in [-0.3, -0.25) is 9.78 Å². The molecule has 0 spiro atoms. The first kappa shape index (κ1) is 19.7. The zero-order valence-corrected chi connectivity index (χ0v) is 16.8. The minimum Gasteiger partial charge on any atom is -0.381 e. The van der Waals surface area contributed by atoms with Crippen molar-refractivity contribution in [1.29, 1.82) is 0 Å². The number of thiophene rings is 1. The molecule has 3 aromatic rings. The number of pyridine rings is 1. The molecule has 29 heavy (non-hydrogen) atoms. The number of nitrogens with zero attached hydrogens (tertiary/aromatic N) is 3. The molecule has 1 saturated heterocycles. The molecule has 3 aromatic heterocycles. The quantitative estimate of drug-likeness (QED) is 0.640. The van der Waals surface area contributed by atoms with Crippen molar-refractivity contribution in [3.8, 4) is 0 Å². The van der Waals surface area contributed by atoms with E-state index in [1.165, 1.54) is 17.4 Å². The van der Waals surface area contributed by atoms with E-state index in [9.17, 15) is 9.18 Å². The summed E-state index contributed by atoms with van der Waals surface area (Å²) < 4.78 is 19.6. The van der Waals surface area contributed by atoms with E-state index in [4.69, 9.17) is 4.74 Å². The highest BCUT2D eigenvalue weighted by Crippen LogP contribution is 2.25.